The summed E-state index contributed by atoms with van der Waals surface area (Å²) in [5, 5.41) is 11.4. The maximum Gasteiger partial charge on any atom is 0.326 e. The van der Waals surface area contributed by atoms with E-state index in [0.717, 1.165) is 17.7 Å². The Morgan fingerprint density at radius 2 is 1.64 bits per heavy atom. The van der Waals surface area contributed by atoms with Gasteiger partial charge in [-0.15, -0.1) is 0 Å². The van der Waals surface area contributed by atoms with Gasteiger partial charge in [-0.05, 0) is 17.7 Å². The molecule has 2 aromatic rings. The molecule has 0 aliphatic rings. The van der Waals surface area contributed by atoms with E-state index in [1.165, 1.54) is 0 Å². The largest absolute Gasteiger partial charge is 0.480 e. The van der Waals surface area contributed by atoms with Gasteiger partial charge in [0.05, 0.1) is 0 Å². The van der Waals surface area contributed by atoms with Gasteiger partial charge in [-0.25, -0.2) is 13.6 Å². The Hall–Kier alpha value is -2.76. The van der Waals surface area contributed by atoms with Gasteiger partial charge in [-0.2, -0.15) is 0 Å². The first-order valence-electron chi connectivity index (χ1n) is 6.49. The number of benzene rings is 2. The molecule has 1 atom stereocenters. The molecule has 2 rings (SSSR count). The zero-order chi connectivity index (χ0) is 16.1. The summed E-state index contributed by atoms with van der Waals surface area (Å²) < 4.78 is 26.2. The minimum atomic E-state index is -1.23. The summed E-state index contributed by atoms with van der Waals surface area (Å²) in [6, 6.07) is 9.87. The van der Waals surface area contributed by atoms with Crippen LogP contribution in [0.5, 0.6) is 0 Å². The highest BCUT2D eigenvalue weighted by Crippen LogP contribution is 2.09. The lowest BCUT2D eigenvalue weighted by Gasteiger charge is -2.14. The Morgan fingerprint density at radius 1 is 1.05 bits per heavy atom. The fourth-order valence-corrected chi connectivity index (χ4v) is 1.98. The highest BCUT2D eigenvalue weighted by Gasteiger charge is 2.21. The normalized spacial score (nSPS) is 11.7. The number of hydrogen-bond acceptors (Lipinski definition) is 2. The van der Waals surface area contributed by atoms with E-state index in [4.69, 9.17) is 0 Å². The SMILES string of the molecule is O=C(N[C@H](Cc1ccccc1)C(=O)O)c1cc(F)cc(F)c1. The number of hydrogen-bond donors (Lipinski definition) is 2. The van der Waals surface area contributed by atoms with Crippen LogP contribution in [0.4, 0.5) is 8.78 Å². The zero-order valence-corrected chi connectivity index (χ0v) is 11.4. The van der Waals surface area contributed by atoms with Gasteiger partial charge in [-0.3, -0.25) is 4.79 Å². The third-order valence-electron chi connectivity index (χ3n) is 3.01. The van der Waals surface area contributed by atoms with E-state index in [1.54, 1.807) is 30.3 Å². The third kappa shape index (κ3) is 4.12. The molecule has 114 valence electrons. The van der Waals surface area contributed by atoms with Gasteiger partial charge in [0.1, 0.15) is 17.7 Å². The van der Waals surface area contributed by atoms with Crippen LogP contribution in [0.3, 0.4) is 0 Å². The summed E-state index contributed by atoms with van der Waals surface area (Å²) in [7, 11) is 0. The van der Waals surface area contributed by atoms with Crippen molar-refractivity contribution in [3.05, 3.63) is 71.3 Å². The number of carbonyl (C=O) groups excluding carboxylic acids is 1. The van der Waals surface area contributed by atoms with Crippen LogP contribution in [0, 0.1) is 11.6 Å². The monoisotopic (exact) mass is 305 g/mol. The summed E-state index contributed by atoms with van der Waals surface area (Å²) in [4.78, 5) is 23.2. The standard InChI is InChI=1S/C16H13F2NO3/c17-12-7-11(8-13(18)9-12)15(20)19-14(16(21)22)6-10-4-2-1-3-5-10/h1-5,7-9,14H,6H2,(H,19,20)(H,21,22)/t14-/m1/s1. The van der Waals surface area contributed by atoms with Gasteiger partial charge < -0.3 is 10.4 Å². The van der Waals surface area contributed by atoms with E-state index in [0.29, 0.717) is 6.07 Å². The lowest BCUT2D eigenvalue weighted by molar-refractivity contribution is -0.139. The molecule has 0 fully saturated rings. The molecule has 6 heteroatoms. The van der Waals surface area contributed by atoms with Crippen LogP contribution in [-0.4, -0.2) is 23.0 Å². The summed E-state index contributed by atoms with van der Waals surface area (Å²) >= 11 is 0. The molecule has 0 aliphatic heterocycles. The minimum absolute atomic E-state index is 0.0692. The summed E-state index contributed by atoms with van der Waals surface area (Å²) in [5.41, 5.74) is 0.456. The quantitative estimate of drug-likeness (QED) is 0.891. The van der Waals surface area contributed by atoms with E-state index in [9.17, 15) is 23.5 Å². The van der Waals surface area contributed by atoms with E-state index >= 15 is 0 Å². The first-order valence-corrected chi connectivity index (χ1v) is 6.49. The molecule has 2 N–H and O–H groups in total. The maximum absolute atomic E-state index is 13.1. The van der Waals surface area contributed by atoms with Crippen LogP contribution in [0.15, 0.2) is 48.5 Å². The summed E-state index contributed by atoms with van der Waals surface area (Å²) in [5.74, 6) is -3.88. The highest BCUT2D eigenvalue weighted by atomic mass is 19.1. The molecule has 4 nitrogen and oxygen atoms in total. The average Bonchev–Trinajstić information content (AvgIpc) is 2.46. The number of carbonyl (C=O) groups is 2. The molecule has 2 aromatic carbocycles. The molecular weight excluding hydrogens is 292 g/mol. The smallest absolute Gasteiger partial charge is 0.326 e. The highest BCUT2D eigenvalue weighted by molar-refractivity contribution is 5.96. The second-order valence-electron chi connectivity index (χ2n) is 4.71. The van der Waals surface area contributed by atoms with Crippen molar-refractivity contribution < 1.29 is 23.5 Å². The Balaban J connectivity index is 2.13. The molecule has 0 saturated carbocycles. The van der Waals surface area contributed by atoms with Crippen LogP contribution >= 0.6 is 0 Å². The van der Waals surface area contributed by atoms with Gasteiger partial charge in [0.25, 0.3) is 5.91 Å². The molecule has 0 saturated heterocycles. The Kier molecular flexibility index (Phi) is 4.83. The minimum Gasteiger partial charge on any atom is -0.480 e. The van der Waals surface area contributed by atoms with Gasteiger partial charge >= 0.3 is 5.97 Å². The lowest BCUT2D eigenvalue weighted by Crippen LogP contribution is -2.42. The summed E-state index contributed by atoms with van der Waals surface area (Å²) in [6.07, 6.45) is 0.0692. The van der Waals surface area contributed by atoms with E-state index in [1.807, 2.05) is 0 Å². The molecule has 0 spiro atoms. The molecule has 0 bridgehead atoms. The Morgan fingerprint density at radius 3 is 2.18 bits per heavy atom. The van der Waals surface area contributed by atoms with E-state index in [2.05, 4.69) is 5.32 Å². The van der Waals surface area contributed by atoms with Crippen molar-refractivity contribution in [1.29, 1.82) is 0 Å². The number of aliphatic carboxylic acids is 1. The zero-order valence-electron chi connectivity index (χ0n) is 11.4. The Bertz CT molecular complexity index is 669. The van der Waals surface area contributed by atoms with Crippen LogP contribution in [0.25, 0.3) is 0 Å². The number of halogens is 2. The predicted molar refractivity (Wildman–Crippen MR) is 75.4 cm³/mol. The predicted octanol–water partition coefficient (Wildman–Crippen LogP) is 2.39. The van der Waals surface area contributed by atoms with E-state index < -0.39 is 29.6 Å². The first-order chi connectivity index (χ1) is 10.5. The molecular formula is C16H13F2NO3. The number of nitrogens with one attached hydrogen (secondary N) is 1. The topological polar surface area (TPSA) is 66.4 Å². The van der Waals surface area contributed by atoms with Gasteiger partial charge in [-0.1, -0.05) is 30.3 Å². The molecule has 0 aliphatic carbocycles. The lowest BCUT2D eigenvalue weighted by atomic mass is 10.1. The Labute approximate surface area is 125 Å². The van der Waals surface area contributed by atoms with E-state index in [-0.39, 0.29) is 12.0 Å². The van der Waals surface area contributed by atoms with Crippen molar-refractivity contribution in [2.24, 2.45) is 0 Å². The molecule has 0 heterocycles. The third-order valence-corrected chi connectivity index (χ3v) is 3.01. The second kappa shape index (κ2) is 6.80. The fraction of sp³-hybridized carbons (Fsp3) is 0.125. The van der Waals surface area contributed by atoms with Crippen molar-refractivity contribution >= 4 is 11.9 Å². The van der Waals surface area contributed by atoms with Gasteiger partial charge in [0, 0.05) is 18.1 Å². The molecule has 0 radical (unpaired) electrons. The van der Waals surface area contributed by atoms with Crippen LogP contribution < -0.4 is 5.32 Å². The number of rotatable bonds is 5. The average molecular weight is 305 g/mol. The maximum atomic E-state index is 13.1. The van der Waals surface area contributed by atoms with Crippen LogP contribution in [-0.2, 0) is 11.2 Å². The molecule has 0 aromatic heterocycles. The number of amides is 1. The van der Waals surface area contributed by atoms with Crippen molar-refractivity contribution in [2.75, 3.05) is 0 Å². The number of carboxylic acids is 1. The van der Waals surface area contributed by atoms with Crippen molar-refractivity contribution in [1.82, 2.24) is 5.32 Å². The van der Waals surface area contributed by atoms with Crippen LogP contribution in [0.1, 0.15) is 15.9 Å². The van der Waals surface area contributed by atoms with Gasteiger partial charge in [0.2, 0.25) is 0 Å². The molecule has 0 unspecified atom stereocenters. The molecule has 22 heavy (non-hydrogen) atoms. The number of carboxylic acid groups (broad SMARTS) is 1. The fourth-order valence-electron chi connectivity index (χ4n) is 1.98. The van der Waals surface area contributed by atoms with Gasteiger partial charge in [0.15, 0.2) is 0 Å². The second-order valence-corrected chi connectivity index (χ2v) is 4.71. The van der Waals surface area contributed by atoms with Crippen LogP contribution in [0.2, 0.25) is 0 Å². The van der Waals surface area contributed by atoms with Crippen molar-refractivity contribution in [2.45, 2.75) is 12.5 Å². The summed E-state index contributed by atoms with van der Waals surface area (Å²) in [6.45, 7) is 0. The van der Waals surface area contributed by atoms with Crippen molar-refractivity contribution in [3.8, 4) is 0 Å². The van der Waals surface area contributed by atoms with Crippen molar-refractivity contribution in [3.63, 3.8) is 0 Å². The molecule has 1 amide bonds. The first kappa shape index (κ1) is 15.6.